The number of hydrogen-bond acceptors (Lipinski definition) is 5. The number of aromatic nitrogens is 2. The van der Waals surface area contributed by atoms with Gasteiger partial charge in [0.1, 0.15) is 13.2 Å². The van der Waals surface area contributed by atoms with E-state index >= 15 is 0 Å². The van der Waals surface area contributed by atoms with Gasteiger partial charge in [-0.3, -0.25) is 0 Å². The fourth-order valence-corrected chi connectivity index (χ4v) is 2.56. The topological polar surface area (TPSA) is 74.2 Å². The Morgan fingerprint density at radius 2 is 2.25 bits per heavy atom. The molecule has 1 heterocycles. The van der Waals surface area contributed by atoms with E-state index in [9.17, 15) is 13.2 Å². The fourth-order valence-electron chi connectivity index (χ4n) is 2.56. The van der Waals surface area contributed by atoms with E-state index < -0.39 is 18.3 Å². The highest BCUT2D eigenvalue weighted by Gasteiger charge is 2.37. The second-order valence-electron chi connectivity index (χ2n) is 5.48. The second kappa shape index (κ2) is 5.69. The second-order valence-corrected chi connectivity index (χ2v) is 5.48. The van der Waals surface area contributed by atoms with Crippen LogP contribution >= 0.6 is 0 Å². The maximum Gasteiger partial charge on any atom is 0.411 e. The van der Waals surface area contributed by atoms with Gasteiger partial charge in [-0.25, -0.2) is 0 Å². The molecule has 2 unspecified atom stereocenters. The first-order valence-electron chi connectivity index (χ1n) is 6.55. The Balaban J connectivity index is 1.94. The first-order chi connectivity index (χ1) is 9.28. The number of nitrogens with two attached hydrogens (primary N) is 1. The van der Waals surface area contributed by atoms with Crippen molar-refractivity contribution < 1.29 is 22.4 Å². The Hall–Kier alpha value is -1.15. The molecule has 1 aliphatic rings. The maximum atomic E-state index is 11.9. The summed E-state index contributed by atoms with van der Waals surface area (Å²) in [6, 6.07) is 0. The summed E-state index contributed by atoms with van der Waals surface area (Å²) in [5.74, 6) is 0.846. The summed E-state index contributed by atoms with van der Waals surface area (Å²) in [7, 11) is 0. The van der Waals surface area contributed by atoms with Crippen molar-refractivity contribution in [3.05, 3.63) is 11.7 Å². The molecule has 5 nitrogen and oxygen atoms in total. The zero-order valence-electron chi connectivity index (χ0n) is 11.2. The lowest BCUT2D eigenvalue weighted by Gasteiger charge is -2.33. The number of ether oxygens (including phenoxy) is 1. The molecule has 2 N–H and O–H groups in total. The summed E-state index contributed by atoms with van der Waals surface area (Å²) in [6.45, 7) is 0.405. The normalized spacial score (nSPS) is 27.8. The quantitative estimate of drug-likeness (QED) is 0.923. The molecule has 0 radical (unpaired) electrons. The monoisotopic (exact) mass is 293 g/mol. The van der Waals surface area contributed by atoms with Crippen LogP contribution in [0.4, 0.5) is 13.2 Å². The van der Waals surface area contributed by atoms with Gasteiger partial charge < -0.3 is 15.0 Å². The van der Waals surface area contributed by atoms with Crippen LogP contribution in [0.25, 0.3) is 0 Å². The number of hydrogen-bond donors (Lipinski definition) is 1. The van der Waals surface area contributed by atoms with Gasteiger partial charge in [-0.1, -0.05) is 24.9 Å². The molecule has 20 heavy (non-hydrogen) atoms. The minimum absolute atomic E-state index is 0.0206. The zero-order chi connectivity index (χ0) is 14.8. The predicted molar refractivity (Wildman–Crippen MR) is 63.5 cm³/mol. The van der Waals surface area contributed by atoms with Crippen molar-refractivity contribution in [3.63, 3.8) is 0 Å². The maximum absolute atomic E-state index is 11.9. The molecular formula is C12H18F3N3O2. The van der Waals surface area contributed by atoms with Gasteiger partial charge >= 0.3 is 6.18 Å². The van der Waals surface area contributed by atoms with Crippen molar-refractivity contribution in [2.24, 2.45) is 11.7 Å². The molecule has 0 bridgehead atoms. The minimum Gasteiger partial charge on any atom is -0.362 e. The molecule has 1 aromatic heterocycles. The van der Waals surface area contributed by atoms with Gasteiger partial charge in [0, 0.05) is 0 Å². The Kier molecular flexibility index (Phi) is 4.33. The summed E-state index contributed by atoms with van der Waals surface area (Å²) in [6.07, 6.45) is -0.781. The smallest absolute Gasteiger partial charge is 0.362 e. The zero-order valence-corrected chi connectivity index (χ0v) is 11.2. The molecule has 1 aromatic rings. The molecule has 2 atom stereocenters. The molecule has 0 aromatic carbocycles. The van der Waals surface area contributed by atoms with Crippen LogP contribution in [0.5, 0.6) is 0 Å². The van der Waals surface area contributed by atoms with Crippen molar-refractivity contribution in [3.8, 4) is 0 Å². The van der Waals surface area contributed by atoms with Gasteiger partial charge in [-0.15, -0.1) is 0 Å². The average Bonchev–Trinajstić information content (AvgIpc) is 2.76. The van der Waals surface area contributed by atoms with E-state index in [4.69, 9.17) is 10.3 Å². The van der Waals surface area contributed by atoms with Crippen LogP contribution < -0.4 is 5.73 Å². The van der Waals surface area contributed by atoms with E-state index in [2.05, 4.69) is 21.8 Å². The lowest BCUT2D eigenvalue weighted by Crippen LogP contribution is -2.42. The van der Waals surface area contributed by atoms with Crippen LogP contribution in [-0.2, 0) is 16.9 Å². The summed E-state index contributed by atoms with van der Waals surface area (Å²) >= 11 is 0. The van der Waals surface area contributed by atoms with Crippen LogP contribution in [-0.4, -0.2) is 22.9 Å². The van der Waals surface area contributed by atoms with Crippen molar-refractivity contribution in [2.75, 3.05) is 6.61 Å². The van der Waals surface area contributed by atoms with Crippen LogP contribution in [0.1, 0.15) is 44.3 Å². The number of halogens is 3. The van der Waals surface area contributed by atoms with Crippen LogP contribution in [0.3, 0.4) is 0 Å². The molecule has 114 valence electrons. The molecule has 0 aliphatic heterocycles. The largest absolute Gasteiger partial charge is 0.411 e. The Bertz CT molecular complexity index is 449. The van der Waals surface area contributed by atoms with Crippen molar-refractivity contribution in [1.82, 2.24) is 10.1 Å². The SMILES string of the molecule is CC1CCCC(N)(c2noc(COCC(F)(F)F)n2)C1. The van der Waals surface area contributed by atoms with Gasteiger partial charge in [0.15, 0.2) is 5.82 Å². The van der Waals surface area contributed by atoms with Crippen LogP contribution in [0.2, 0.25) is 0 Å². The van der Waals surface area contributed by atoms with E-state index in [1.807, 2.05) is 0 Å². The van der Waals surface area contributed by atoms with E-state index in [1.54, 1.807) is 0 Å². The molecule has 1 aliphatic carbocycles. The third-order valence-corrected chi connectivity index (χ3v) is 3.44. The molecule has 0 saturated heterocycles. The molecule has 2 rings (SSSR count). The fraction of sp³-hybridized carbons (Fsp3) is 0.833. The molecular weight excluding hydrogens is 275 g/mol. The van der Waals surface area contributed by atoms with Gasteiger partial charge in [0.05, 0.1) is 5.54 Å². The third-order valence-electron chi connectivity index (χ3n) is 3.44. The number of alkyl halides is 3. The highest BCUT2D eigenvalue weighted by molar-refractivity contribution is 5.06. The highest BCUT2D eigenvalue weighted by atomic mass is 19.4. The average molecular weight is 293 g/mol. The van der Waals surface area contributed by atoms with Gasteiger partial charge in [0.2, 0.25) is 0 Å². The number of nitrogens with zero attached hydrogens (tertiary/aromatic N) is 2. The molecule has 1 fully saturated rings. The number of rotatable bonds is 4. The van der Waals surface area contributed by atoms with Crippen LogP contribution in [0, 0.1) is 5.92 Å². The predicted octanol–water partition coefficient (Wildman–Crippen LogP) is 2.51. The molecule has 1 saturated carbocycles. The van der Waals surface area contributed by atoms with Crippen LogP contribution in [0.15, 0.2) is 4.52 Å². The van der Waals surface area contributed by atoms with Crippen molar-refractivity contribution in [2.45, 2.75) is 50.9 Å². The Morgan fingerprint density at radius 3 is 2.90 bits per heavy atom. The van der Waals surface area contributed by atoms with Gasteiger partial charge in [-0.2, -0.15) is 18.2 Å². The molecule has 0 spiro atoms. The van der Waals surface area contributed by atoms with Crippen molar-refractivity contribution >= 4 is 0 Å². The molecule has 0 amide bonds. The van der Waals surface area contributed by atoms with E-state index in [1.165, 1.54) is 0 Å². The Labute approximate surface area is 114 Å². The van der Waals surface area contributed by atoms with E-state index in [0.717, 1.165) is 25.7 Å². The summed E-state index contributed by atoms with van der Waals surface area (Å²) in [5.41, 5.74) is 5.63. The van der Waals surface area contributed by atoms with E-state index in [0.29, 0.717) is 11.7 Å². The van der Waals surface area contributed by atoms with Gasteiger partial charge in [-0.05, 0) is 18.8 Å². The third kappa shape index (κ3) is 3.92. The minimum atomic E-state index is -4.36. The van der Waals surface area contributed by atoms with Crippen molar-refractivity contribution in [1.29, 1.82) is 0 Å². The highest BCUT2D eigenvalue weighted by Crippen LogP contribution is 2.36. The summed E-state index contributed by atoms with van der Waals surface area (Å²) < 4.78 is 45.2. The van der Waals surface area contributed by atoms with E-state index in [-0.39, 0.29) is 12.5 Å². The first-order valence-corrected chi connectivity index (χ1v) is 6.55. The summed E-state index contributed by atoms with van der Waals surface area (Å²) in [5, 5.41) is 3.79. The van der Waals surface area contributed by atoms with Gasteiger partial charge in [0.25, 0.3) is 5.89 Å². The first kappa shape index (κ1) is 15.2. The standard InChI is InChI=1S/C12H18F3N3O2/c1-8-3-2-4-11(16,5-8)10-17-9(20-18-10)6-19-7-12(13,14)15/h8H,2-7,16H2,1H3. The lowest BCUT2D eigenvalue weighted by atomic mass is 9.76. The summed E-state index contributed by atoms with van der Waals surface area (Å²) in [4.78, 5) is 4.06. The molecule has 8 heteroatoms. The lowest BCUT2D eigenvalue weighted by molar-refractivity contribution is -0.178. The Morgan fingerprint density at radius 1 is 1.50 bits per heavy atom.